The second-order valence-electron chi connectivity index (χ2n) is 4.64. The van der Waals surface area contributed by atoms with Crippen LogP contribution in [0.4, 0.5) is 20.2 Å². The van der Waals surface area contributed by atoms with Crippen molar-refractivity contribution in [1.29, 1.82) is 0 Å². The van der Waals surface area contributed by atoms with Crippen LogP contribution in [0, 0.1) is 21.7 Å². The van der Waals surface area contributed by atoms with E-state index >= 15 is 0 Å². The minimum Gasteiger partial charge on any atom is -0.373 e. The number of sulfone groups is 1. The maximum Gasteiger partial charge on any atom is 0.298 e. The molecular weight excluding hydrogens is 294 g/mol. The molecule has 0 saturated carbocycles. The smallest absolute Gasteiger partial charge is 0.298 e. The van der Waals surface area contributed by atoms with Gasteiger partial charge in [-0.05, 0) is 12.8 Å². The lowest BCUT2D eigenvalue weighted by Crippen LogP contribution is -2.35. The monoisotopic (exact) mass is 306 g/mol. The molecule has 0 aliphatic carbocycles. The molecule has 0 spiro atoms. The molecule has 1 N–H and O–H groups in total. The second-order valence-corrected chi connectivity index (χ2v) is 6.87. The summed E-state index contributed by atoms with van der Waals surface area (Å²) in [6.45, 7) is 0. The first-order valence-corrected chi connectivity index (χ1v) is 7.71. The van der Waals surface area contributed by atoms with Gasteiger partial charge in [0, 0.05) is 12.1 Å². The third-order valence-electron chi connectivity index (χ3n) is 3.04. The van der Waals surface area contributed by atoms with E-state index in [-0.39, 0.29) is 11.5 Å². The number of halogens is 2. The fourth-order valence-corrected chi connectivity index (χ4v) is 3.82. The molecule has 1 fully saturated rings. The molecule has 1 aliphatic heterocycles. The average molecular weight is 306 g/mol. The number of nitrogens with zero attached hydrogens (tertiary/aromatic N) is 1. The van der Waals surface area contributed by atoms with E-state index in [1.807, 2.05) is 0 Å². The van der Waals surface area contributed by atoms with Gasteiger partial charge < -0.3 is 5.32 Å². The summed E-state index contributed by atoms with van der Waals surface area (Å²) in [7, 11) is -3.24. The molecule has 6 nitrogen and oxygen atoms in total. The van der Waals surface area contributed by atoms with E-state index < -0.39 is 43.8 Å². The molecule has 0 bridgehead atoms. The predicted octanol–water partition coefficient (Wildman–Crippen LogP) is 1.86. The van der Waals surface area contributed by atoms with Gasteiger partial charge in [0.25, 0.3) is 5.69 Å². The Balaban J connectivity index is 2.31. The minimum absolute atomic E-state index is 0.0547. The molecule has 110 valence electrons. The van der Waals surface area contributed by atoms with Crippen molar-refractivity contribution >= 4 is 21.2 Å². The Morgan fingerprint density at radius 2 is 2.05 bits per heavy atom. The molecule has 1 aromatic carbocycles. The Kier molecular flexibility index (Phi) is 3.89. The molecule has 2 rings (SSSR count). The van der Waals surface area contributed by atoms with E-state index in [1.54, 1.807) is 0 Å². The summed E-state index contributed by atoms with van der Waals surface area (Å²) in [6.07, 6.45) is 0.851. The molecule has 9 heteroatoms. The Bertz CT molecular complexity index is 648. The Morgan fingerprint density at radius 3 is 2.65 bits per heavy atom. The lowest BCUT2D eigenvalue weighted by molar-refractivity contribution is -0.384. The van der Waals surface area contributed by atoms with Crippen molar-refractivity contribution in [2.24, 2.45) is 0 Å². The molecule has 1 heterocycles. The van der Waals surface area contributed by atoms with Crippen LogP contribution in [0.5, 0.6) is 0 Å². The highest BCUT2D eigenvalue weighted by atomic mass is 32.2. The molecule has 0 radical (unpaired) electrons. The van der Waals surface area contributed by atoms with Crippen LogP contribution in [0.1, 0.15) is 12.8 Å². The zero-order valence-electron chi connectivity index (χ0n) is 10.3. The number of nitro groups is 1. The van der Waals surface area contributed by atoms with E-state index in [9.17, 15) is 27.3 Å². The molecule has 1 saturated heterocycles. The van der Waals surface area contributed by atoms with Gasteiger partial charge in [-0.1, -0.05) is 0 Å². The largest absolute Gasteiger partial charge is 0.373 e. The zero-order valence-corrected chi connectivity index (χ0v) is 11.1. The number of hydrogen-bond donors (Lipinski definition) is 1. The molecule has 1 unspecified atom stereocenters. The van der Waals surface area contributed by atoms with Crippen LogP contribution >= 0.6 is 0 Å². The number of nitrogens with one attached hydrogen (secondary N) is 1. The molecule has 1 aromatic rings. The van der Waals surface area contributed by atoms with E-state index in [4.69, 9.17) is 0 Å². The van der Waals surface area contributed by atoms with Gasteiger partial charge in [0.05, 0.1) is 22.5 Å². The van der Waals surface area contributed by atoms with Crippen LogP contribution in [0.2, 0.25) is 0 Å². The standard InChI is InChI=1S/C11H12F2N2O4S/c12-7-4-9(13)11(10(5-7)15(16)17)14-8-2-1-3-20(18,19)6-8/h4-5,8,14H,1-3,6H2. The zero-order chi connectivity index (χ0) is 14.9. The third kappa shape index (κ3) is 3.21. The van der Waals surface area contributed by atoms with Gasteiger partial charge in [-0.2, -0.15) is 0 Å². The lowest BCUT2D eigenvalue weighted by Gasteiger charge is -2.24. The van der Waals surface area contributed by atoms with Crippen LogP contribution in [0.15, 0.2) is 12.1 Å². The van der Waals surface area contributed by atoms with E-state index in [1.165, 1.54) is 0 Å². The second kappa shape index (κ2) is 5.31. The van der Waals surface area contributed by atoms with Crippen molar-refractivity contribution < 1.29 is 22.1 Å². The van der Waals surface area contributed by atoms with Crippen molar-refractivity contribution in [2.45, 2.75) is 18.9 Å². The molecular formula is C11H12F2N2O4S. The van der Waals surface area contributed by atoms with Gasteiger partial charge in [-0.3, -0.25) is 10.1 Å². The number of nitro benzene ring substituents is 1. The van der Waals surface area contributed by atoms with Gasteiger partial charge in [-0.25, -0.2) is 17.2 Å². The number of benzene rings is 1. The summed E-state index contributed by atoms with van der Waals surface area (Å²) in [5, 5.41) is 13.3. The molecule has 20 heavy (non-hydrogen) atoms. The summed E-state index contributed by atoms with van der Waals surface area (Å²) >= 11 is 0. The van der Waals surface area contributed by atoms with Crippen LogP contribution in [-0.2, 0) is 9.84 Å². The van der Waals surface area contributed by atoms with E-state index in [2.05, 4.69) is 5.32 Å². The van der Waals surface area contributed by atoms with E-state index in [0.29, 0.717) is 25.0 Å². The molecule has 1 atom stereocenters. The maximum atomic E-state index is 13.7. The van der Waals surface area contributed by atoms with Gasteiger partial charge in [0.2, 0.25) is 0 Å². The topological polar surface area (TPSA) is 89.3 Å². The normalized spacial score (nSPS) is 21.4. The summed E-state index contributed by atoms with van der Waals surface area (Å²) in [6, 6.07) is 0.502. The predicted molar refractivity (Wildman–Crippen MR) is 68.3 cm³/mol. The molecule has 0 amide bonds. The van der Waals surface area contributed by atoms with Crippen LogP contribution < -0.4 is 5.32 Å². The first kappa shape index (κ1) is 14.6. The summed E-state index contributed by atoms with van der Waals surface area (Å²) in [4.78, 5) is 9.90. The van der Waals surface area contributed by atoms with Crippen molar-refractivity contribution in [1.82, 2.24) is 0 Å². The van der Waals surface area contributed by atoms with Gasteiger partial charge >= 0.3 is 0 Å². The summed E-state index contributed by atoms with van der Waals surface area (Å²) in [5.41, 5.74) is -1.22. The molecule has 1 aliphatic rings. The van der Waals surface area contributed by atoms with Crippen molar-refractivity contribution in [3.05, 3.63) is 33.9 Å². The number of rotatable bonds is 3. The minimum atomic E-state index is -3.24. The van der Waals surface area contributed by atoms with Crippen LogP contribution in [-0.4, -0.2) is 30.9 Å². The van der Waals surface area contributed by atoms with E-state index in [0.717, 1.165) is 0 Å². The summed E-state index contributed by atoms with van der Waals surface area (Å²) < 4.78 is 49.6. The Morgan fingerprint density at radius 1 is 1.35 bits per heavy atom. The van der Waals surface area contributed by atoms with Gasteiger partial charge in [-0.15, -0.1) is 0 Å². The number of hydrogen-bond acceptors (Lipinski definition) is 5. The van der Waals surface area contributed by atoms with Crippen molar-refractivity contribution in [3.63, 3.8) is 0 Å². The highest BCUT2D eigenvalue weighted by Crippen LogP contribution is 2.30. The van der Waals surface area contributed by atoms with Crippen molar-refractivity contribution in [2.75, 3.05) is 16.8 Å². The average Bonchev–Trinajstić information content (AvgIpc) is 2.30. The maximum absolute atomic E-state index is 13.7. The fourth-order valence-electron chi connectivity index (χ4n) is 2.19. The Labute approximate surface area is 113 Å². The van der Waals surface area contributed by atoms with Crippen LogP contribution in [0.25, 0.3) is 0 Å². The first-order chi connectivity index (χ1) is 9.28. The van der Waals surface area contributed by atoms with Gasteiger partial charge in [0.15, 0.2) is 15.7 Å². The first-order valence-electron chi connectivity index (χ1n) is 5.89. The lowest BCUT2D eigenvalue weighted by atomic mass is 10.1. The third-order valence-corrected chi connectivity index (χ3v) is 4.86. The molecule has 0 aromatic heterocycles. The van der Waals surface area contributed by atoms with Gasteiger partial charge in [0.1, 0.15) is 11.5 Å². The number of anilines is 1. The highest BCUT2D eigenvalue weighted by molar-refractivity contribution is 7.91. The summed E-state index contributed by atoms with van der Waals surface area (Å²) in [5.74, 6) is -2.34. The quantitative estimate of drug-likeness (QED) is 0.680. The van der Waals surface area contributed by atoms with Crippen LogP contribution in [0.3, 0.4) is 0 Å². The Hall–Kier alpha value is -1.77. The fraction of sp³-hybridized carbons (Fsp3) is 0.455. The highest BCUT2D eigenvalue weighted by Gasteiger charge is 2.28. The SMILES string of the molecule is O=[N+]([O-])c1cc(F)cc(F)c1NC1CCCS(=O)(=O)C1. The van der Waals surface area contributed by atoms with Crippen molar-refractivity contribution in [3.8, 4) is 0 Å².